The van der Waals surface area contributed by atoms with E-state index in [-0.39, 0.29) is 18.7 Å². The fraction of sp³-hybridized carbons (Fsp3) is 0.222. The van der Waals surface area contributed by atoms with Gasteiger partial charge in [0.05, 0.1) is 6.42 Å². The third-order valence-corrected chi connectivity index (χ3v) is 5.17. The van der Waals surface area contributed by atoms with E-state index in [0.717, 1.165) is 22.4 Å². The van der Waals surface area contributed by atoms with Crippen LogP contribution in [0.25, 0.3) is 0 Å². The lowest BCUT2D eigenvalue weighted by molar-refractivity contribution is -0.147. The van der Waals surface area contributed by atoms with Gasteiger partial charge in [0, 0.05) is 17.8 Å². The Labute approximate surface area is 199 Å². The van der Waals surface area contributed by atoms with Gasteiger partial charge in [0.15, 0.2) is 6.61 Å². The summed E-state index contributed by atoms with van der Waals surface area (Å²) < 4.78 is 10.8. The first-order chi connectivity index (χ1) is 16.3. The highest BCUT2D eigenvalue weighted by Crippen LogP contribution is 2.25. The van der Waals surface area contributed by atoms with E-state index in [4.69, 9.17) is 9.47 Å². The van der Waals surface area contributed by atoms with E-state index < -0.39 is 18.5 Å². The van der Waals surface area contributed by atoms with Crippen molar-refractivity contribution in [3.63, 3.8) is 0 Å². The van der Waals surface area contributed by atoms with Crippen molar-refractivity contribution in [3.8, 4) is 11.5 Å². The van der Waals surface area contributed by atoms with Gasteiger partial charge in [-0.1, -0.05) is 24.3 Å². The quantitative estimate of drug-likeness (QED) is 0.423. The Kier molecular flexibility index (Phi) is 8.40. The van der Waals surface area contributed by atoms with Crippen LogP contribution in [0.15, 0.2) is 66.7 Å². The number of para-hydroxylation sites is 1. The maximum absolute atomic E-state index is 12.1. The monoisotopic (exact) mass is 460 g/mol. The largest absolute Gasteiger partial charge is 0.457 e. The minimum absolute atomic E-state index is 0.0565. The highest BCUT2D eigenvalue weighted by atomic mass is 16.5. The van der Waals surface area contributed by atoms with Crippen LogP contribution in [-0.2, 0) is 19.1 Å². The van der Waals surface area contributed by atoms with E-state index in [9.17, 15) is 14.4 Å². The summed E-state index contributed by atoms with van der Waals surface area (Å²) in [5.41, 5.74) is 4.42. The molecule has 7 nitrogen and oxygen atoms in total. The number of anilines is 2. The summed E-state index contributed by atoms with van der Waals surface area (Å²) in [6.07, 6.45) is -0.184. The predicted octanol–water partition coefficient (Wildman–Crippen LogP) is 5.30. The van der Waals surface area contributed by atoms with Crippen molar-refractivity contribution in [1.29, 1.82) is 0 Å². The van der Waals surface area contributed by atoms with E-state index in [1.165, 1.54) is 0 Å². The van der Waals surface area contributed by atoms with Gasteiger partial charge in [-0.05, 0) is 79.9 Å². The fourth-order valence-corrected chi connectivity index (χ4v) is 3.08. The van der Waals surface area contributed by atoms with Crippen molar-refractivity contribution in [2.24, 2.45) is 0 Å². The molecule has 2 amide bonds. The molecule has 0 aliphatic carbocycles. The first kappa shape index (κ1) is 24.5. The number of ether oxygens (including phenoxy) is 2. The average Bonchev–Trinajstić information content (AvgIpc) is 2.81. The summed E-state index contributed by atoms with van der Waals surface area (Å²) in [6.45, 7) is 5.49. The van der Waals surface area contributed by atoms with E-state index in [0.29, 0.717) is 17.1 Å². The number of aryl methyl sites for hydroxylation is 3. The van der Waals surface area contributed by atoms with Gasteiger partial charge in [0.1, 0.15) is 11.5 Å². The minimum Gasteiger partial charge on any atom is -0.457 e. The van der Waals surface area contributed by atoms with Gasteiger partial charge >= 0.3 is 5.97 Å². The van der Waals surface area contributed by atoms with Gasteiger partial charge in [-0.25, -0.2) is 0 Å². The number of hydrogen-bond acceptors (Lipinski definition) is 5. The molecule has 0 atom stereocenters. The zero-order valence-electron chi connectivity index (χ0n) is 19.5. The maximum Gasteiger partial charge on any atom is 0.306 e. The molecule has 0 fully saturated rings. The predicted molar refractivity (Wildman–Crippen MR) is 131 cm³/mol. The van der Waals surface area contributed by atoms with Gasteiger partial charge < -0.3 is 20.1 Å². The standard InChI is InChI=1S/C27H28N2O5/c1-18-8-9-22(16-20(18)3)29-26(31)17-33-27(32)15-14-25(30)28-21-10-12-23(13-11-21)34-24-7-5-4-6-19(24)2/h4-13,16H,14-15,17H2,1-3H3,(H,28,30)(H,29,31). The van der Waals surface area contributed by atoms with Crippen LogP contribution in [0.4, 0.5) is 11.4 Å². The van der Waals surface area contributed by atoms with Crippen LogP contribution >= 0.6 is 0 Å². The minimum atomic E-state index is -0.618. The molecule has 0 spiro atoms. The molecule has 3 aromatic carbocycles. The molecule has 7 heteroatoms. The molecule has 0 heterocycles. The normalized spacial score (nSPS) is 10.3. The zero-order valence-corrected chi connectivity index (χ0v) is 19.5. The Bertz CT molecular complexity index is 1170. The van der Waals surface area contributed by atoms with E-state index in [1.54, 1.807) is 30.3 Å². The Hall–Kier alpha value is -4.13. The van der Waals surface area contributed by atoms with Crippen LogP contribution in [0.3, 0.4) is 0 Å². The van der Waals surface area contributed by atoms with E-state index in [1.807, 2.05) is 57.2 Å². The van der Waals surface area contributed by atoms with Crippen LogP contribution in [0, 0.1) is 20.8 Å². The van der Waals surface area contributed by atoms with Crippen molar-refractivity contribution >= 4 is 29.2 Å². The molecule has 0 saturated heterocycles. The topological polar surface area (TPSA) is 93.7 Å². The van der Waals surface area contributed by atoms with E-state index >= 15 is 0 Å². The molecular weight excluding hydrogens is 432 g/mol. The number of carbonyl (C=O) groups is 3. The second-order valence-electron chi connectivity index (χ2n) is 7.95. The van der Waals surface area contributed by atoms with Crippen molar-refractivity contribution in [2.45, 2.75) is 33.6 Å². The molecule has 34 heavy (non-hydrogen) atoms. The lowest BCUT2D eigenvalue weighted by atomic mass is 10.1. The molecule has 0 aliphatic heterocycles. The van der Waals surface area contributed by atoms with Crippen molar-refractivity contribution in [1.82, 2.24) is 0 Å². The summed E-state index contributed by atoms with van der Waals surface area (Å²) in [4.78, 5) is 36.0. The van der Waals surface area contributed by atoms with Gasteiger partial charge in [-0.15, -0.1) is 0 Å². The molecule has 0 bridgehead atoms. The van der Waals surface area contributed by atoms with E-state index in [2.05, 4.69) is 10.6 Å². The first-order valence-electron chi connectivity index (χ1n) is 11.0. The van der Waals surface area contributed by atoms with Crippen LogP contribution in [0.2, 0.25) is 0 Å². The van der Waals surface area contributed by atoms with Gasteiger partial charge in [-0.3, -0.25) is 14.4 Å². The Balaban J connectivity index is 1.37. The molecule has 0 radical (unpaired) electrons. The molecule has 0 unspecified atom stereocenters. The van der Waals surface area contributed by atoms with Crippen molar-refractivity contribution in [2.75, 3.05) is 17.2 Å². The number of rotatable bonds is 9. The van der Waals surface area contributed by atoms with Crippen LogP contribution in [0.5, 0.6) is 11.5 Å². The van der Waals surface area contributed by atoms with Gasteiger partial charge in [0.25, 0.3) is 5.91 Å². The SMILES string of the molecule is Cc1ccc(NC(=O)COC(=O)CCC(=O)Nc2ccc(Oc3ccccc3C)cc2)cc1C. The van der Waals surface area contributed by atoms with Crippen LogP contribution < -0.4 is 15.4 Å². The number of benzene rings is 3. The summed E-state index contributed by atoms with van der Waals surface area (Å²) in [7, 11) is 0. The third kappa shape index (κ3) is 7.48. The molecule has 0 aromatic heterocycles. The number of hydrogen-bond donors (Lipinski definition) is 2. The zero-order chi connectivity index (χ0) is 24.5. The number of esters is 1. The smallest absolute Gasteiger partial charge is 0.306 e. The Morgan fingerprint density at radius 2 is 1.38 bits per heavy atom. The molecular formula is C27H28N2O5. The molecule has 0 saturated carbocycles. The van der Waals surface area contributed by atoms with Crippen LogP contribution in [0.1, 0.15) is 29.5 Å². The molecule has 3 aromatic rings. The summed E-state index contributed by atoms with van der Waals surface area (Å²) in [6, 6.07) is 20.2. The Morgan fingerprint density at radius 3 is 2.09 bits per heavy atom. The number of amides is 2. The lowest BCUT2D eigenvalue weighted by Crippen LogP contribution is -2.21. The maximum atomic E-state index is 12.1. The highest BCUT2D eigenvalue weighted by Gasteiger charge is 2.11. The molecule has 2 N–H and O–H groups in total. The summed E-state index contributed by atoms with van der Waals surface area (Å²) in [5, 5.41) is 5.41. The van der Waals surface area contributed by atoms with Gasteiger partial charge in [-0.2, -0.15) is 0 Å². The number of nitrogens with one attached hydrogen (secondary N) is 2. The molecule has 176 valence electrons. The molecule has 0 aliphatic rings. The Morgan fingerprint density at radius 1 is 0.706 bits per heavy atom. The second kappa shape index (κ2) is 11.7. The molecule has 3 rings (SSSR count). The second-order valence-corrected chi connectivity index (χ2v) is 7.95. The van der Waals surface area contributed by atoms with Crippen molar-refractivity contribution in [3.05, 3.63) is 83.4 Å². The third-order valence-electron chi connectivity index (χ3n) is 5.17. The van der Waals surface area contributed by atoms with Gasteiger partial charge in [0.2, 0.25) is 5.91 Å². The number of carbonyl (C=O) groups excluding carboxylic acids is 3. The summed E-state index contributed by atoms with van der Waals surface area (Å²) in [5.74, 6) is 0.0286. The first-order valence-corrected chi connectivity index (χ1v) is 11.0. The fourth-order valence-electron chi connectivity index (χ4n) is 3.08. The summed E-state index contributed by atoms with van der Waals surface area (Å²) >= 11 is 0. The van der Waals surface area contributed by atoms with Crippen molar-refractivity contribution < 1.29 is 23.9 Å². The lowest BCUT2D eigenvalue weighted by Gasteiger charge is -2.10. The highest BCUT2D eigenvalue weighted by molar-refractivity contribution is 5.94. The average molecular weight is 461 g/mol. The van der Waals surface area contributed by atoms with Crippen LogP contribution in [-0.4, -0.2) is 24.4 Å².